The predicted molar refractivity (Wildman–Crippen MR) is 98.6 cm³/mol. The van der Waals surface area contributed by atoms with Crippen LogP contribution in [0.5, 0.6) is 5.75 Å². The Hall–Kier alpha value is -1.56. The second-order valence-corrected chi connectivity index (χ2v) is 7.13. The molecule has 1 aliphatic carbocycles. The van der Waals surface area contributed by atoms with E-state index in [1.807, 2.05) is 0 Å². The Bertz CT molecular complexity index is 592. The zero-order valence-corrected chi connectivity index (χ0v) is 15.5. The van der Waals surface area contributed by atoms with Crippen molar-refractivity contribution in [3.8, 4) is 17.6 Å². The number of hydrogen-bond acceptors (Lipinski definition) is 1. The van der Waals surface area contributed by atoms with Crippen LogP contribution in [0.4, 0.5) is 8.78 Å². The van der Waals surface area contributed by atoms with E-state index in [-0.39, 0.29) is 11.3 Å². The normalized spacial score (nSPS) is 20.0. The first-order valence-electron chi connectivity index (χ1n) is 9.69. The van der Waals surface area contributed by atoms with Crippen LogP contribution in [0.2, 0.25) is 0 Å². The Morgan fingerprint density at radius 2 is 1.72 bits per heavy atom. The van der Waals surface area contributed by atoms with Gasteiger partial charge in [0, 0.05) is 5.92 Å². The van der Waals surface area contributed by atoms with Crippen molar-refractivity contribution >= 4 is 0 Å². The highest BCUT2D eigenvalue weighted by Crippen LogP contribution is 2.32. The van der Waals surface area contributed by atoms with Gasteiger partial charge in [-0.25, -0.2) is 4.39 Å². The third-order valence-electron chi connectivity index (χ3n) is 5.24. The standard InChI is InChI=1S/C22H30F2O/c1-3-4-5-6-7-8-17-9-11-18(12-10-17)13-14-19-15-16-20(25-2)22(24)21(19)23/h15-18H,3-12H2,1-2H3. The molecule has 3 heteroatoms. The van der Waals surface area contributed by atoms with E-state index in [1.165, 1.54) is 70.6 Å². The summed E-state index contributed by atoms with van der Waals surface area (Å²) in [4.78, 5) is 0. The molecule has 1 aromatic carbocycles. The van der Waals surface area contributed by atoms with Gasteiger partial charge in [0.25, 0.3) is 0 Å². The number of halogens is 2. The number of ether oxygens (including phenoxy) is 1. The van der Waals surface area contributed by atoms with Gasteiger partial charge in [0.05, 0.1) is 12.7 Å². The topological polar surface area (TPSA) is 9.23 Å². The van der Waals surface area contributed by atoms with E-state index in [0.717, 1.165) is 18.8 Å². The summed E-state index contributed by atoms with van der Waals surface area (Å²) in [6, 6.07) is 2.92. The van der Waals surface area contributed by atoms with Gasteiger partial charge in [0.2, 0.25) is 5.82 Å². The molecule has 0 unspecified atom stereocenters. The largest absolute Gasteiger partial charge is 0.494 e. The highest BCUT2D eigenvalue weighted by atomic mass is 19.2. The molecule has 1 saturated carbocycles. The Balaban J connectivity index is 1.79. The van der Waals surface area contributed by atoms with Gasteiger partial charge in [-0.1, -0.05) is 57.3 Å². The van der Waals surface area contributed by atoms with E-state index >= 15 is 0 Å². The third-order valence-corrected chi connectivity index (χ3v) is 5.24. The van der Waals surface area contributed by atoms with Gasteiger partial charge in [-0.2, -0.15) is 4.39 Å². The molecule has 25 heavy (non-hydrogen) atoms. The monoisotopic (exact) mass is 348 g/mol. The number of hydrogen-bond donors (Lipinski definition) is 0. The van der Waals surface area contributed by atoms with Crippen LogP contribution in [0.3, 0.4) is 0 Å². The van der Waals surface area contributed by atoms with Crippen LogP contribution in [-0.2, 0) is 0 Å². The third kappa shape index (κ3) is 6.03. The lowest BCUT2D eigenvalue weighted by molar-refractivity contribution is 0.294. The van der Waals surface area contributed by atoms with Gasteiger partial charge < -0.3 is 4.74 Å². The fraction of sp³-hybridized carbons (Fsp3) is 0.636. The molecule has 0 heterocycles. The van der Waals surface area contributed by atoms with Crippen LogP contribution in [0.1, 0.15) is 76.7 Å². The zero-order valence-electron chi connectivity index (χ0n) is 15.5. The first kappa shape index (κ1) is 19.8. The summed E-state index contributed by atoms with van der Waals surface area (Å²) in [5, 5.41) is 0. The van der Waals surface area contributed by atoms with Crippen molar-refractivity contribution in [2.24, 2.45) is 11.8 Å². The summed E-state index contributed by atoms with van der Waals surface area (Å²) in [6.45, 7) is 2.24. The van der Waals surface area contributed by atoms with Crippen LogP contribution >= 0.6 is 0 Å². The molecule has 0 saturated heterocycles. The minimum Gasteiger partial charge on any atom is -0.494 e. The molecule has 0 aliphatic heterocycles. The molecule has 0 radical (unpaired) electrons. The van der Waals surface area contributed by atoms with E-state index in [2.05, 4.69) is 18.8 Å². The lowest BCUT2D eigenvalue weighted by atomic mass is 9.80. The second kappa shape index (κ2) is 10.4. The average molecular weight is 348 g/mol. The average Bonchev–Trinajstić information content (AvgIpc) is 2.64. The highest BCUT2D eigenvalue weighted by Gasteiger charge is 2.19. The first-order valence-corrected chi connectivity index (χ1v) is 9.69. The van der Waals surface area contributed by atoms with Crippen molar-refractivity contribution in [3.05, 3.63) is 29.3 Å². The summed E-state index contributed by atoms with van der Waals surface area (Å²) in [5.41, 5.74) is 0.122. The number of rotatable bonds is 7. The van der Waals surface area contributed by atoms with Crippen molar-refractivity contribution in [2.75, 3.05) is 7.11 Å². The van der Waals surface area contributed by atoms with Crippen molar-refractivity contribution in [1.82, 2.24) is 0 Å². The van der Waals surface area contributed by atoms with Crippen molar-refractivity contribution in [2.45, 2.75) is 71.1 Å². The van der Waals surface area contributed by atoms with Gasteiger partial charge in [-0.3, -0.25) is 0 Å². The van der Waals surface area contributed by atoms with Crippen molar-refractivity contribution in [3.63, 3.8) is 0 Å². The van der Waals surface area contributed by atoms with Crippen molar-refractivity contribution < 1.29 is 13.5 Å². The van der Waals surface area contributed by atoms with Gasteiger partial charge in [-0.05, 0) is 43.7 Å². The highest BCUT2D eigenvalue weighted by molar-refractivity contribution is 5.41. The summed E-state index contributed by atoms with van der Waals surface area (Å²) in [6.07, 6.45) is 12.6. The van der Waals surface area contributed by atoms with Gasteiger partial charge in [-0.15, -0.1) is 0 Å². The Morgan fingerprint density at radius 1 is 1.00 bits per heavy atom. The van der Waals surface area contributed by atoms with Crippen LogP contribution in [0, 0.1) is 35.3 Å². The summed E-state index contributed by atoms with van der Waals surface area (Å²) in [7, 11) is 1.32. The number of methoxy groups -OCH3 is 1. The lowest BCUT2D eigenvalue weighted by Gasteiger charge is -2.25. The Labute approximate surface area is 151 Å². The lowest BCUT2D eigenvalue weighted by Crippen LogP contribution is -2.13. The smallest absolute Gasteiger partial charge is 0.201 e. The van der Waals surface area contributed by atoms with Gasteiger partial charge in [0.1, 0.15) is 0 Å². The van der Waals surface area contributed by atoms with E-state index < -0.39 is 11.6 Å². The maximum Gasteiger partial charge on any atom is 0.201 e. The molecule has 0 N–H and O–H groups in total. The molecule has 138 valence electrons. The maximum absolute atomic E-state index is 13.9. The molecule has 0 aromatic heterocycles. The Kier molecular flexibility index (Phi) is 8.25. The molecule has 0 spiro atoms. The van der Waals surface area contributed by atoms with Gasteiger partial charge >= 0.3 is 0 Å². The fourth-order valence-electron chi connectivity index (χ4n) is 3.60. The molecule has 0 atom stereocenters. The van der Waals surface area contributed by atoms with E-state index in [1.54, 1.807) is 0 Å². The molecular formula is C22H30F2O. The molecule has 1 fully saturated rings. The fourth-order valence-corrected chi connectivity index (χ4v) is 3.60. The predicted octanol–water partition coefficient (Wildman–Crippen LogP) is 6.49. The Morgan fingerprint density at radius 3 is 2.40 bits per heavy atom. The quantitative estimate of drug-likeness (QED) is 0.404. The minimum atomic E-state index is -0.957. The van der Waals surface area contributed by atoms with E-state index in [0.29, 0.717) is 5.92 Å². The molecule has 0 bridgehead atoms. The second-order valence-electron chi connectivity index (χ2n) is 7.13. The zero-order chi connectivity index (χ0) is 18.1. The molecular weight excluding hydrogens is 318 g/mol. The summed E-state index contributed by atoms with van der Waals surface area (Å²) >= 11 is 0. The van der Waals surface area contributed by atoms with E-state index in [4.69, 9.17) is 4.74 Å². The first-order chi connectivity index (χ1) is 12.2. The molecule has 2 rings (SSSR count). The molecule has 0 amide bonds. The van der Waals surface area contributed by atoms with E-state index in [9.17, 15) is 8.78 Å². The minimum absolute atomic E-state index is 0.0810. The molecule has 1 aromatic rings. The van der Waals surface area contributed by atoms with Crippen LogP contribution in [0.15, 0.2) is 12.1 Å². The summed E-state index contributed by atoms with van der Waals surface area (Å²) in [5.74, 6) is 5.17. The van der Waals surface area contributed by atoms with Crippen molar-refractivity contribution in [1.29, 1.82) is 0 Å². The number of unbranched alkanes of at least 4 members (excludes halogenated alkanes) is 4. The SMILES string of the molecule is CCCCCCCC1CCC(C#Cc2ccc(OC)c(F)c2F)CC1. The van der Waals surface area contributed by atoms with Gasteiger partial charge in [0.15, 0.2) is 11.6 Å². The van der Waals surface area contributed by atoms with Crippen LogP contribution in [0.25, 0.3) is 0 Å². The van der Waals surface area contributed by atoms with Crippen LogP contribution < -0.4 is 4.74 Å². The molecule has 1 aliphatic rings. The number of benzene rings is 1. The maximum atomic E-state index is 13.9. The molecule has 1 nitrogen and oxygen atoms in total. The van der Waals surface area contributed by atoms with Crippen LogP contribution in [-0.4, -0.2) is 7.11 Å². The summed E-state index contributed by atoms with van der Waals surface area (Å²) < 4.78 is 32.4.